The summed E-state index contributed by atoms with van der Waals surface area (Å²) in [6.07, 6.45) is 2.54. The summed E-state index contributed by atoms with van der Waals surface area (Å²) >= 11 is 0. The van der Waals surface area contributed by atoms with Gasteiger partial charge >= 0.3 is 0 Å². The molecule has 0 aliphatic heterocycles. The van der Waals surface area contributed by atoms with Crippen molar-refractivity contribution >= 4 is 16.7 Å². The third-order valence-corrected chi connectivity index (χ3v) is 3.72. The first-order chi connectivity index (χ1) is 10.2. The van der Waals surface area contributed by atoms with Gasteiger partial charge in [-0.05, 0) is 30.2 Å². The first-order valence-electron chi connectivity index (χ1n) is 7.17. The van der Waals surface area contributed by atoms with Gasteiger partial charge in [-0.15, -0.1) is 0 Å². The highest BCUT2D eigenvalue weighted by atomic mass is 16.1. The summed E-state index contributed by atoms with van der Waals surface area (Å²) in [5, 5.41) is 1.12. The molecule has 0 aliphatic rings. The topological polar surface area (TPSA) is 30.0 Å². The second-order valence-corrected chi connectivity index (χ2v) is 5.37. The molecule has 3 aromatic rings. The molecular weight excluding hydrogens is 258 g/mol. The second kappa shape index (κ2) is 5.88. The van der Waals surface area contributed by atoms with Gasteiger partial charge in [0, 0.05) is 23.1 Å². The number of pyridine rings is 1. The lowest BCUT2D eigenvalue weighted by Gasteiger charge is -2.11. The largest absolute Gasteiger partial charge is 0.294 e. The van der Waals surface area contributed by atoms with Crippen LogP contribution in [0, 0.1) is 5.92 Å². The van der Waals surface area contributed by atoms with E-state index in [-0.39, 0.29) is 11.7 Å². The molecule has 0 amide bonds. The number of ketones is 1. The smallest absolute Gasteiger partial charge is 0.165 e. The molecule has 3 rings (SSSR count). The van der Waals surface area contributed by atoms with E-state index in [1.54, 1.807) is 6.20 Å². The quantitative estimate of drug-likeness (QED) is 0.665. The highest BCUT2D eigenvalue weighted by Gasteiger charge is 2.15. The van der Waals surface area contributed by atoms with Crippen molar-refractivity contribution in [1.82, 2.24) is 4.98 Å². The Morgan fingerprint density at radius 1 is 1.05 bits per heavy atom. The lowest BCUT2D eigenvalue weighted by molar-refractivity contribution is 0.0929. The summed E-state index contributed by atoms with van der Waals surface area (Å²) in [6, 6.07) is 19.7. The maximum Gasteiger partial charge on any atom is 0.165 e. The van der Waals surface area contributed by atoms with Crippen LogP contribution in [0.25, 0.3) is 10.9 Å². The van der Waals surface area contributed by atoms with E-state index in [1.165, 1.54) is 5.56 Å². The zero-order valence-electron chi connectivity index (χ0n) is 12.0. The number of benzene rings is 2. The Balaban J connectivity index is 1.80. The average Bonchev–Trinajstić information content (AvgIpc) is 2.55. The minimum atomic E-state index is -0.0264. The molecule has 2 aromatic carbocycles. The molecule has 0 aliphatic carbocycles. The number of hydrogen-bond donors (Lipinski definition) is 0. The summed E-state index contributed by atoms with van der Waals surface area (Å²) in [4.78, 5) is 16.7. The number of Topliss-reactive ketones (excluding diaryl/α,β-unsaturated/α-hetero) is 1. The number of aromatic nitrogens is 1. The van der Waals surface area contributed by atoms with E-state index in [4.69, 9.17) is 0 Å². The zero-order valence-corrected chi connectivity index (χ0v) is 12.0. The van der Waals surface area contributed by atoms with Gasteiger partial charge in [0.25, 0.3) is 0 Å². The molecule has 0 spiro atoms. The van der Waals surface area contributed by atoms with Crippen molar-refractivity contribution in [3.05, 3.63) is 78.0 Å². The molecule has 0 saturated heterocycles. The second-order valence-electron chi connectivity index (χ2n) is 5.37. The van der Waals surface area contributed by atoms with E-state index in [0.29, 0.717) is 0 Å². The molecule has 1 atom stereocenters. The van der Waals surface area contributed by atoms with Crippen molar-refractivity contribution in [2.75, 3.05) is 0 Å². The Kier molecular flexibility index (Phi) is 3.78. The summed E-state index contributed by atoms with van der Waals surface area (Å²) in [5.41, 5.74) is 2.95. The Labute approximate surface area is 124 Å². The van der Waals surface area contributed by atoms with Crippen molar-refractivity contribution in [3.8, 4) is 0 Å². The first-order valence-corrected chi connectivity index (χ1v) is 7.17. The van der Waals surface area contributed by atoms with Crippen molar-refractivity contribution < 1.29 is 4.79 Å². The van der Waals surface area contributed by atoms with Crippen LogP contribution in [0.15, 0.2) is 66.9 Å². The van der Waals surface area contributed by atoms with Crippen molar-refractivity contribution in [1.29, 1.82) is 0 Å². The molecule has 0 fully saturated rings. The van der Waals surface area contributed by atoms with Gasteiger partial charge in [-0.3, -0.25) is 9.78 Å². The molecule has 1 heterocycles. The Morgan fingerprint density at radius 3 is 2.67 bits per heavy atom. The number of carbonyl (C=O) groups is 1. The first kappa shape index (κ1) is 13.5. The number of rotatable bonds is 4. The molecule has 0 radical (unpaired) electrons. The highest BCUT2D eigenvalue weighted by Crippen LogP contribution is 2.18. The van der Waals surface area contributed by atoms with Crippen LogP contribution in [0.4, 0.5) is 0 Å². The molecule has 2 nitrogen and oxygen atoms in total. The van der Waals surface area contributed by atoms with E-state index < -0.39 is 0 Å². The van der Waals surface area contributed by atoms with E-state index >= 15 is 0 Å². The highest BCUT2D eigenvalue weighted by molar-refractivity contribution is 5.97. The fourth-order valence-corrected chi connectivity index (χ4v) is 2.59. The monoisotopic (exact) mass is 275 g/mol. The van der Waals surface area contributed by atoms with Crippen LogP contribution in [0.3, 0.4) is 0 Å². The third-order valence-electron chi connectivity index (χ3n) is 3.72. The van der Waals surface area contributed by atoms with Crippen LogP contribution in [0.2, 0.25) is 0 Å². The maximum absolute atomic E-state index is 12.4. The predicted octanol–water partition coefficient (Wildman–Crippen LogP) is 4.30. The Morgan fingerprint density at radius 2 is 1.86 bits per heavy atom. The average molecular weight is 275 g/mol. The van der Waals surface area contributed by atoms with Crippen LogP contribution < -0.4 is 0 Å². The third kappa shape index (κ3) is 3.00. The number of fused-ring (bicyclic) bond motifs is 1. The molecule has 2 heteroatoms. The number of carbonyl (C=O) groups excluding carboxylic acids is 1. The molecule has 21 heavy (non-hydrogen) atoms. The van der Waals surface area contributed by atoms with Crippen molar-refractivity contribution in [2.24, 2.45) is 5.92 Å². The normalized spacial score (nSPS) is 12.2. The Hall–Kier alpha value is -2.48. The van der Waals surface area contributed by atoms with Gasteiger partial charge in [0.2, 0.25) is 0 Å². The summed E-state index contributed by atoms with van der Waals surface area (Å²) in [5.74, 6) is 0.170. The molecule has 1 unspecified atom stereocenters. The number of nitrogens with zero attached hydrogens (tertiary/aromatic N) is 1. The van der Waals surface area contributed by atoms with Gasteiger partial charge in [-0.2, -0.15) is 0 Å². The molecule has 104 valence electrons. The lowest BCUT2D eigenvalue weighted by atomic mass is 9.92. The van der Waals surface area contributed by atoms with Crippen LogP contribution in [0.1, 0.15) is 22.8 Å². The summed E-state index contributed by atoms with van der Waals surface area (Å²) in [6.45, 7) is 1.99. The van der Waals surface area contributed by atoms with Crippen molar-refractivity contribution in [2.45, 2.75) is 13.3 Å². The lowest BCUT2D eigenvalue weighted by Crippen LogP contribution is -2.13. The van der Waals surface area contributed by atoms with Gasteiger partial charge in [-0.1, -0.05) is 49.4 Å². The minimum Gasteiger partial charge on any atom is -0.294 e. The summed E-state index contributed by atoms with van der Waals surface area (Å²) < 4.78 is 0. The summed E-state index contributed by atoms with van der Waals surface area (Å²) in [7, 11) is 0. The SMILES string of the molecule is CC(Cc1ccc2ncccc2c1)C(=O)c1ccccc1. The van der Waals surface area contributed by atoms with Gasteiger partial charge in [0.1, 0.15) is 0 Å². The standard InChI is InChI=1S/C19H17NO/c1-14(19(21)16-6-3-2-4-7-16)12-15-9-10-18-17(13-15)8-5-11-20-18/h2-11,13-14H,12H2,1H3. The van der Waals surface area contributed by atoms with E-state index in [9.17, 15) is 4.79 Å². The molecule has 0 N–H and O–H groups in total. The van der Waals surface area contributed by atoms with E-state index in [1.807, 2.05) is 49.4 Å². The van der Waals surface area contributed by atoms with Gasteiger partial charge in [0.15, 0.2) is 5.78 Å². The molecule has 0 bridgehead atoms. The predicted molar refractivity (Wildman–Crippen MR) is 85.4 cm³/mol. The zero-order chi connectivity index (χ0) is 14.7. The van der Waals surface area contributed by atoms with Crippen LogP contribution >= 0.6 is 0 Å². The Bertz CT molecular complexity index is 765. The molecule has 1 aromatic heterocycles. The van der Waals surface area contributed by atoms with E-state index in [2.05, 4.69) is 23.2 Å². The minimum absolute atomic E-state index is 0.0264. The van der Waals surface area contributed by atoms with E-state index in [0.717, 1.165) is 22.9 Å². The molecular formula is C19H17NO. The molecule has 0 saturated carbocycles. The van der Waals surface area contributed by atoms with Crippen molar-refractivity contribution in [3.63, 3.8) is 0 Å². The maximum atomic E-state index is 12.4. The van der Waals surface area contributed by atoms with Crippen LogP contribution in [0.5, 0.6) is 0 Å². The van der Waals surface area contributed by atoms with Gasteiger partial charge in [0.05, 0.1) is 5.52 Å². The van der Waals surface area contributed by atoms with Gasteiger partial charge in [-0.25, -0.2) is 0 Å². The number of hydrogen-bond acceptors (Lipinski definition) is 2. The van der Waals surface area contributed by atoms with Gasteiger partial charge < -0.3 is 0 Å². The fraction of sp³-hybridized carbons (Fsp3) is 0.158. The fourth-order valence-electron chi connectivity index (χ4n) is 2.59. The van der Waals surface area contributed by atoms with Crippen LogP contribution in [-0.4, -0.2) is 10.8 Å². The van der Waals surface area contributed by atoms with Crippen LogP contribution in [-0.2, 0) is 6.42 Å².